The minimum atomic E-state index is -0.209. The molecule has 0 aliphatic carbocycles. The Bertz CT molecular complexity index is 578. The molecule has 0 spiro atoms. The van der Waals surface area contributed by atoms with Crippen LogP contribution in [0.1, 0.15) is 37.7 Å². The molecule has 1 aromatic carbocycles. The minimum Gasteiger partial charge on any atom is -0.459 e. The summed E-state index contributed by atoms with van der Waals surface area (Å²) in [6.45, 7) is 10.7. The Labute approximate surface area is 107 Å². The molecule has 2 rings (SSSR count). The minimum absolute atomic E-state index is 0.0129. The summed E-state index contributed by atoms with van der Waals surface area (Å²) in [5.41, 5.74) is 2.54. The Balaban J connectivity index is 2.45. The number of fused-ring (bicyclic) bond motifs is 1. The smallest absolute Gasteiger partial charge is 0.140 e. The van der Waals surface area contributed by atoms with Crippen LogP contribution in [0.15, 0.2) is 16.5 Å². The maximum absolute atomic E-state index is 13.8. The van der Waals surface area contributed by atoms with Crippen molar-refractivity contribution in [3.8, 4) is 0 Å². The van der Waals surface area contributed by atoms with E-state index in [1.165, 1.54) is 6.07 Å². The molecule has 18 heavy (non-hydrogen) atoms. The van der Waals surface area contributed by atoms with E-state index >= 15 is 0 Å². The molecule has 0 atom stereocenters. The van der Waals surface area contributed by atoms with E-state index in [1.54, 1.807) is 6.07 Å². The lowest BCUT2D eigenvalue weighted by atomic mass is 10.1. The molecular weight excluding hydrogens is 229 g/mol. The van der Waals surface area contributed by atoms with Crippen LogP contribution < -0.4 is 5.32 Å². The highest BCUT2D eigenvalue weighted by Gasteiger charge is 2.17. The number of benzene rings is 1. The largest absolute Gasteiger partial charge is 0.459 e. The molecule has 0 saturated carbocycles. The van der Waals surface area contributed by atoms with E-state index in [-0.39, 0.29) is 11.4 Å². The van der Waals surface area contributed by atoms with Gasteiger partial charge in [0, 0.05) is 11.1 Å². The Hall–Kier alpha value is -1.35. The van der Waals surface area contributed by atoms with Crippen LogP contribution in [-0.2, 0) is 6.54 Å². The number of aryl methyl sites for hydroxylation is 2. The van der Waals surface area contributed by atoms with Crippen LogP contribution >= 0.6 is 0 Å². The molecule has 0 aliphatic rings. The van der Waals surface area contributed by atoms with E-state index in [4.69, 9.17) is 4.42 Å². The molecule has 0 fully saturated rings. The first-order valence-corrected chi connectivity index (χ1v) is 6.22. The summed E-state index contributed by atoms with van der Waals surface area (Å²) in [4.78, 5) is 0. The van der Waals surface area contributed by atoms with E-state index < -0.39 is 0 Å². The van der Waals surface area contributed by atoms with Gasteiger partial charge in [0.2, 0.25) is 0 Å². The van der Waals surface area contributed by atoms with Crippen molar-refractivity contribution >= 4 is 11.0 Å². The van der Waals surface area contributed by atoms with E-state index in [2.05, 4.69) is 26.1 Å². The predicted molar refractivity (Wildman–Crippen MR) is 72.2 cm³/mol. The quantitative estimate of drug-likeness (QED) is 0.867. The molecule has 1 N–H and O–H groups in total. The van der Waals surface area contributed by atoms with Gasteiger partial charge in [-0.2, -0.15) is 0 Å². The van der Waals surface area contributed by atoms with Gasteiger partial charge in [0.25, 0.3) is 0 Å². The van der Waals surface area contributed by atoms with Crippen molar-refractivity contribution in [2.24, 2.45) is 0 Å². The second-order valence-electron chi connectivity index (χ2n) is 5.82. The topological polar surface area (TPSA) is 25.2 Å². The highest BCUT2D eigenvalue weighted by molar-refractivity contribution is 5.85. The van der Waals surface area contributed by atoms with Crippen LogP contribution in [0, 0.1) is 19.7 Å². The van der Waals surface area contributed by atoms with Gasteiger partial charge in [-0.1, -0.05) is 6.07 Å². The van der Waals surface area contributed by atoms with Gasteiger partial charge in [-0.25, -0.2) is 4.39 Å². The third-order valence-corrected chi connectivity index (χ3v) is 3.10. The van der Waals surface area contributed by atoms with Gasteiger partial charge in [0.15, 0.2) is 0 Å². The highest BCUT2D eigenvalue weighted by Crippen LogP contribution is 2.30. The van der Waals surface area contributed by atoms with Crippen molar-refractivity contribution < 1.29 is 8.81 Å². The van der Waals surface area contributed by atoms with Gasteiger partial charge < -0.3 is 9.73 Å². The van der Waals surface area contributed by atoms with Gasteiger partial charge in [0.1, 0.15) is 17.2 Å². The molecule has 0 amide bonds. The summed E-state index contributed by atoms with van der Waals surface area (Å²) < 4.78 is 19.6. The van der Waals surface area contributed by atoms with Gasteiger partial charge in [-0.05, 0) is 46.2 Å². The average molecular weight is 249 g/mol. The first-order valence-electron chi connectivity index (χ1n) is 6.22. The molecule has 0 saturated heterocycles. The molecule has 3 heteroatoms. The van der Waals surface area contributed by atoms with Crippen molar-refractivity contribution in [3.63, 3.8) is 0 Å². The fourth-order valence-corrected chi connectivity index (χ4v) is 2.00. The van der Waals surface area contributed by atoms with Crippen molar-refractivity contribution in [2.75, 3.05) is 0 Å². The van der Waals surface area contributed by atoms with Gasteiger partial charge in [-0.15, -0.1) is 0 Å². The SMILES string of the molecule is Cc1ccc(F)c2c(C)c(CNC(C)(C)C)oc12. The molecule has 0 bridgehead atoms. The van der Waals surface area contributed by atoms with Gasteiger partial charge in [0.05, 0.1) is 11.9 Å². The zero-order valence-corrected chi connectivity index (χ0v) is 11.6. The average Bonchev–Trinajstić information content (AvgIpc) is 2.59. The van der Waals surface area contributed by atoms with Crippen LogP contribution in [0.4, 0.5) is 4.39 Å². The lowest BCUT2D eigenvalue weighted by Gasteiger charge is -2.19. The normalized spacial score (nSPS) is 12.3. The van der Waals surface area contributed by atoms with Crippen LogP contribution in [0.3, 0.4) is 0 Å². The lowest BCUT2D eigenvalue weighted by Crippen LogP contribution is -2.35. The standard InChI is InChI=1S/C15H20FNO/c1-9-6-7-11(16)13-10(2)12(18-14(9)13)8-17-15(3,4)5/h6-7,17H,8H2,1-5H3. The Morgan fingerprint density at radius 1 is 1.22 bits per heavy atom. The summed E-state index contributed by atoms with van der Waals surface area (Å²) in [6.07, 6.45) is 0. The summed E-state index contributed by atoms with van der Waals surface area (Å²) in [6, 6.07) is 3.25. The summed E-state index contributed by atoms with van der Waals surface area (Å²) in [7, 11) is 0. The fourth-order valence-electron chi connectivity index (χ4n) is 2.00. The third-order valence-electron chi connectivity index (χ3n) is 3.10. The molecule has 2 aromatic rings. The maximum Gasteiger partial charge on any atom is 0.140 e. The number of nitrogens with one attached hydrogen (secondary N) is 1. The maximum atomic E-state index is 13.8. The number of rotatable bonds is 2. The molecular formula is C15H20FNO. The van der Waals surface area contributed by atoms with Crippen molar-refractivity contribution in [1.82, 2.24) is 5.32 Å². The number of furan rings is 1. The number of hydrogen-bond acceptors (Lipinski definition) is 2. The zero-order valence-electron chi connectivity index (χ0n) is 11.6. The molecule has 2 nitrogen and oxygen atoms in total. The number of hydrogen-bond donors (Lipinski definition) is 1. The molecule has 1 aromatic heterocycles. The first kappa shape index (κ1) is 13.1. The van der Waals surface area contributed by atoms with E-state index in [0.717, 1.165) is 16.9 Å². The second kappa shape index (κ2) is 4.39. The Morgan fingerprint density at radius 2 is 1.89 bits per heavy atom. The van der Waals surface area contributed by atoms with E-state index in [0.29, 0.717) is 17.5 Å². The van der Waals surface area contributed by atoms with E-state index in [1.807, 2.05) is 13.8 Å². The van der Waals surface area contributed by atoms with Crippen molar-refractivity contribution in [2.45, 2.75) is 46.7 Å². The second-order valence-corrected chi connectivity index (χ2v) is 5.82. The first-order chi connectivity index (χ1) is 8.29. The van der Waals surface area contributed by atoms with Crippen LogP contribution in [0.5, 0.6) is 0 Å². The van der Waals surface area contributed by atoms with E-state index in [9.17, 15) is 4.39 Å². The van der Waals surface area contributed by atoms with Gasteiger partial charge >= 0.3 is 0 Å². The van der Waals surface area contributed by atoms with Crippen LogP contribution in [0.25, 0.3) is 11.0 Å². The molecule has 0 aliphatic heterocycles. The number of halogens is 1. The third kappa shape index (κ3) is 2.41. The summed E-state index contributed by atoms with van der Waals surface area (Å²) >= 11 is 0. The Morgan fingerprint density at radius 3 is 2.44 bits per heavy atom. The van der Waals surface area contributed by atoms with Gasteiger partial charge in [-0.3, -0.25) is 0 Å². The molecule has 0 unspecified atom stereocenters. The molecule has 98 valence electrons. The summed E-state index contributed by atoms with van der Waals surface area (Å²) in [5, 5.41) is 3.97. The monoisotopic (exact) mass is 249 g/mol. The lowest BCUT2D eigenvalue weighted by molar-refractivity contribution is 0.394. The van der Waals surface area contributed by atoms with Crippen molar-refractivity contribution in [1.29, 1.82) is 0 Å². The fraction of sp³-hybridized carbons (Fsp3) is 0.467. The van der Waals surface area contributed by atoms with Crippen LogP contribution in [0.2, 0.25) is 0 Å². The zero-order chi connectivity index (χ0) is 13.5. The molecule has 0 radical (unpaired) electrons. The predicted octanol–water partition coefficient (Wildman–Crippen LogP) is 4.08. The van der Waals surface area contributed by atoms with Crippen molar-refractivity contribution in [3.05, 3.63) is 34.8 Å². The molecule has 1 heterocycles. The van der Waals surface area contributed by atoms with Crippen LogP contribution in [-0.4, -0.2) is 5.54 Å². The Kier molecular flexibility index (Phi) is 3.20. The summed E-state index contributed by atoms with van der Waals surface area (Å²) in [5.74, 6) is 0.604. The highest BCUT2D eigenvalue weighted by atomic mass is 19.1.